The van der Waals surface area contributed by atoms with Gasteiger partial charge in [0.2, 0.25) is 21.5 Å². The molecule has 0 spiro atoms. The minimum absolute atomic E-state index is 0.189. The minimum atomic E-state index is -3.42. The van der Waals surface area contributed by atoms with Crippen molar-refractivity contribution >= 4 is 32.5 Å². The van der Waals surface area contributed by atoms with Crippen molar-refractivity contribution in [1.82, 2.24) is 9.29 Å². The maximum atomic E-state index is 12.0. The number of carbonyl (C=O) groups is 1. The van der Waals surface area contributed by atoms with Gasteiger partial charge in [-0.3, -0.25) is 9.59 Å². The van der Waals surface area contributed by atoms with Gasteiger partial charge in [-0.25, -0.2) is 8.42 Å². The zero-order valence-corrected chi connectivity index (χ0v) is 14.7. The number of aromatic amines is 1. The molecule has 0 aliphatic carbocycles. The van der Waals surface area contributed by atoms with Crippen molar-refractivity contribution in [3.63, 3.8) is 0 Å². The van der Waals surface area contributed by atoms with Crippen LogP contribution in [0.1, 0.15) is 18.9 Å². The largest absolute Gasteiger partial charge is 0.325 e. The zero-order valence-electron chi connectivity index (χ0n) is 13.9. The van der Waals surface area contributed by atoms with Gasteiger partial charge < -0.3 is 10.3 Å². The molecular formula is C16H21N3O4S. The van der Waals surface area contributed by atoms with Crippen molar-refractivity contribution in [2.75, 3.05) is 25.2 Å². The number of aromatic nitrogens is 1. The molecule has 1 amide bonds. The molecule has 0 bridgehead atoms. The lowest BCUT2D eigenvalue weighted by molar-refractivity contribution is -0.116. The number of benzene rings is 1. The monoisotopic (exact) mass is 351 g/mol. The number of hydrogen-bond donors (Lipinski definition) is 2. The molecule has 2 rings (SSSR count). The van der Waals surface area contributed by atoms with E-state index in [0.29, 0.717) is 11.2 Å². The van der Waals surface area contributed by atoms with Crippen molar-refractivity contribution in [3.8, 4) is 0 Å². The summed E-state index contributed by atoms with van der Waals surface area (Å²) in [6, 6.07) is 6.84. The molecule has 130 valence electrons. The summed E-state index contributed by atoms with van der Waals surface area (Å²) in [6.45, 7) is 1.77. The van der Waals surface area contributed by atoms with Gasteiger partial charge in [-0.2, -0.15) is 4.31 Å². The van der Waals surface area contributed by atoms with Crippen LogP contribution in [0.25, 0.3) is 10.9 Å². The number of nitrogens with one attached hydrogen (secondary N) is 2. The van der Waals surface area contributed by atoms with E-state index in [1.54, 1.807) is 18.2 Å². The minimum Gasteiger partial charge on any atom is -0.325 e. The van der Waals surface area contributed by atoms with Crippen LogP contribution in [0.5, 0.6) is 0 Å². The summed E-state index contributed by atoms with van der Waals surface area (Å²) >= 11 is 0. The van der Waals surface area contributed by atoms with Crippen molar-refractivity contribution in [2.24, 2.45) is 0 Å². The molecule has 0 saturated heterocycles. The van der Waals surface area contributed by atoms with E-state index >= 15 is 0 Å². The van der Waals surface area contributed by atoms with Gasteiger partial charge in [-0.15, -0.1) is 0 Å². The number of amides is 1. The summed E-state index contributed by atoms with van der Waals surface area (Å²) in [5.41, 5.74) is 1.91. The molecule has 2 N–H and O–H groups in total. The smallest absolute Gasteiger partial charge is 0.248 e. The fourth-order valence-corrected chi connectivity index (χ4v) is 2.76. The summed E-state index contributed by atoms with van der Waals surface area (Å²) in [7, 11) is -2.08. The Bertz CT molecular complexity index is 919. The first-order valence-corrected chi connectivity index (χ1v) is 9.42. The van der Waals surface area contributed by atoms with Crippen LogP contribution in [0.15, 0.2) is 29.1 Å². The number of H-pyrrole nitrogens is 1. The van der Waals surface area contributed by atoms with E-state index < -0.39 is 15.9 Å². The molecular weight excluding hydrogens is 330 g/mol. The number of hydrogen-bond acceptors (Lipinski definition) is 4. The van der Waals surface area contributed by atoms with Gasteiger partial charge in [0.05, 0.1) is 18.3 Å². The standard InChI is InChI=1S/C16H21N3O4S/c1-4-5-11-8-15(20)18-14-9-12(6-7-13(11)14)17-16(21)10-19(2)24(3,22)23/h6-9H,4-5,10H2,1-3H3,(H,17,21)(H,18,20). The highest BCUT2D eigenvalue weighted by atomic mass is 32.2. The molecule has 0 aliphatic heterocycles. The third-order valence-electron chi connectivity index (χ3n) is 3.66. The number of nitrogens with zero attached hydrogens (tertiary/aromatic N) is 1. The normalized spacial score (nSPS) is 11.8. The van der Waals surface area contributed by atoms with Crippen LogP contribution in [0, 0.1) is 0 Å². The number of aryl methyl sites for hydroxylation is 1. The van der Waals surface area contributed by atoms with Crippen molar-refractivity contribution < 1.29 is 13.2 Å². The molecule has 0 saturated carbocycles. The van der Waals surface area contributed by atoms with Crippen LogP contribution in [-0.2, 0) is 21.2 Å². The van der Waals surface area contributed by atoms with E-state index in [4.69, 9.17) is 0 Å². The first-order chi connectivity index (χ1) is 11.2. The van der Waals surface area contributed by atoms with Gasteiger partial charge in [0, 0.05) is 24.2 Å². The Hall–Kier alpha value is -2.19. The average Bonchev–Trinajstić information content (AvgIpc) is 2.45. The van der Waals surface area contributed by atoms with Crippen LogP contribution < -0.4 is 10.9 Å². The van der Waals surface area contributed by atoms with Gasteiger partial charge >= 0.3 is 0 Å². The molecule has 24 heavy (non-hydrogen) atoms. The second kappa shape index (κ2) is 7.14. The number of fused-ring (bicyclic) bond motifs is 1. The lowest BCUT2D eigenvalue weighted by Crippen LogP contribution is -2.34. The number of sulfonamides is 1. The van der Waals surface area contributed by atoms with Crippen molar-refractivity contribution in [2.45, 2.75) is 19.8 Å². The highest BCUT2D eigenvalue weighted by Gasteiger charge is 2.15. The Morgan fingerprint density at radius 1 is 1.29 bits per heavy atom. The first-order valence-electron chi connectivity index (χ1n) is 7.58. The quantitative estimate of drug-likeness (QED) is 0.819. The predicted octanol–water partition coefficient (Wildman–Crippen LogP) is 1.31. The van der Waals surface area contributed by atoms with Crippen LogP contribution in [0.4, 0.5) is 5.69 Å². The number of anilines is 1. The maximum absolute atomic E-state index is 12.0. The Labute approximate surface area is 140 Å². The number of carbonyl (C=O) groups excluding carboxylic acids is 1. The summed E-state index contributed by atoms with van der Waals surface area (Å²) < 4.78 is 23.6. The third kappa shape index (κ3) is 4.42. The van der Waals surface area contributed by atoms with Crippen LogP contribution in [0.3, 0.4) is 0 Å². The molecule has 2 aromatic rings. The fraction of sp³-hybridized carbons (Fsp3) is 0.375. The Balaban J connectivity index is 2.25. The van der Waals surface area contributed by atoms with Gasteiger partial charge in [-0.1, -0.05) is 19.4 Å². The Morgan fingerprint density at radius 3 is 2.62 bits per heavy atom. The number of pyridine rings is 1. The summed E-state index contributed by atoms with van der Waals surface area (Å²) in [4.78, 5) is 26.5. The Morgan fingerprint density at radius 2 is 2.00 bits per heavy atom. The Kier molecular flexibility index (Phi) is 5.40. The molecule has 1 heterocycles. The highest BCUT2D eigenvalue weighted by Crippen LogP contribution is 2.20. The van der Waals surface area contributed by atoms with E-state index in [1.165, 1.54) is 7.05 Å². The van der Waals surface area contributed by atoms with Crippen LogP contribution in [-0.4, -0.2) is 43.5 Å². The SMILES string of the molecule is CCCc1cc(=O)[nH]c2cc(NC(=O)CN(C)S(C)(=O)=O)ccc12. The van der Waals surface area contributed by atoms with E-state index in [9.17, 15) is 18.0 Å². The van der Waals surface area contributed by atoms with Crippen LogP contribution >= 0.6 is 0 Å². The highest BCUT2D eigenvalue weighted by molar-refractivity contribution is 7.88. The molecule has 0 fully saturated rings. The maximum Gasteiger partial charge on any atom is 0.248 e. The summed E-state index contributed by atoms with van der Waals surface area (Å²) in [6.07, 6.45) is 2.76. The number of likely N-dealkylation sites (N-methyl/N-ethyl adjacent to an activating group) is 1. The summed E-state index contributed by atoms with van der Waals surface area (Å²) in [5.74, 6) is -0.450. The number of rotatable bonds is 6. The van der Waals surface area contributed by atoms with E-state index in [-0.39, 0.29) is 12.1 Å². The second-order valence-corrected chi connectivity index (χ2v) is 7.83. The van der Waals surface area contributed by atoms with E-state index in [1.807, 2.05) is 13.0 Å². The molecule has 1 aromatic carbocycles. The second-order valence-electron chi connectivity index (χ2n) is 5.74. The van der Waals surface area contributed by atoms with E-state index in [0.717, 1.165) is 34.4 Å². The average molecular weight is 351 g/mol. The lowest BCUT2D eigenvalue weighted by atomic mass is 10.0. The molecule has 7 nitrogen and oxygen atoms in total. The summed E-state index contributed by atoms with van der Waals surface area (Å²) in [5, 5.41) is 3.57. The van der Waals surface area contributed by atoms with Crippen LogP contribution in [0.2, 0.25) is 0 Å². The van der Waals surface area contributed by atoms with Gasteiger partial charge in [-0.05, 0) is 24.1 Å². The third-order valence-corrected chi connectivity index (χ3v) is 4.93. The molecule has 1 aromatic heterocycles. The van der Waals surface area contributed by atoms with Gasteiger partial charge in [0.15, 0.2) is 0 Å². The van der Waals surface area contributed by atoms with Crippen molar-refractivity contribution in [1.29, 1.82) is 0 Å². The predicted molar refractivity (Wildman–Crippen MR) is 94.7 cm³/mol. The van der Waals surface area contributed by atoms with Gasteiger partial charge in [0.25, 0.3) is 0 Å². The molecule has 0 unspecified atom stereocenters. The van der Waals surface area contributed by atoms with E-state index in [2.05, 4.69) is 10.3 Å². The fourth-order valence-electron chi connectivity index (χ4n) is 2.41. The van der Waals surface area contributed by atoms with Gasteiger partial charge in [0.1, 0.15) is 0 Å². The lowest BCUT2D eigenvalue weighted by Gasteiger charge is -2.14. The molecule has 0 aliphatic rings. The molecule has 0 radical (unpaired) electrons. The molecule has 0 atom stereocenters. The molecule has 8 heteroatoms. The zero-order chi connectivity index (χ0) is 17.9. The first kappa shape index (κ1) is 18.2. The topological polar surface area (TPSA) is 99.3 Å². The van der Waals surface area contributed by atoms with Crippen molar-refractivity contribution in [3.05, 3.63) is 40.2 Å².